The molecule has 4 heteroatoms. The normalized spacial score (nSPS) is 9.38. The van der Waals surface area contributed by atoms with Gasteiger partial charge in [0.15, 0.2) is 11.5 Å². The lowest BCUT2D eigenvalue weighted by Gasteiger charge is -2.10. The Morgan fingerprint density at radius 3 is 2.69 bits per heavy atom. The van der Waals surface area contributed by atoms with Crippen LogP contribution in [0.5, 0.6) is 11.5 Å². The summed E-state index contributed by atoms with van der Waals surface area (Å²) >= 11 is 0. The minimum Gasteiger partial charge on any atom is -0.493 e. The van der Waals surface area contributed by atoms with Gasteiger partial charge in [-0.3, -0.25) is 0 Å². The van der Waals surface area contributed by atoms with E-state index in [1.54, 1.807) is 24.3 Å². The number of methoxy groups -OCH3 is 2. The topological polar surface area (TPSA) is 44.8 Å². The molecular weight excluding hydrogens is 208 g/mol. The molecule has 0 aliphatic carbocycles. The molecule has 0 unspecified atom stereocenters. The molecule has 0 aromatic heterocycles. The molecule has 0 saturated carbocycles. The van der Waals surface area contributed by atoms with Crippen LogP contribution >= 0.6 is 0 Å². The Morgan fingerprint density at radius 2 is 2.12 bits per heavy atom. The fourth-order valence-electron chi connectivity index (χ4n) is 1.18. The molecule has 86 valence electrons. The van der Waals surface area contributed by atoms with Crippen LogP contribution in [0.4, 0.5) is 0 Å². The molecule has 0 spiro atoms. The first-order chi connectivity index (χ1) is 7.72. The fourth-order valence-corrected chi connectivity index (χ4v) is 1.18. The van der Waals surface area contributed by atoms with Crippen LogP contribution in [0.3, 0.4) is 0 Å². The van der Waals surface area contributed by atoms with Gasteiger partial charge in [0, 0.05) is 0 Å². The highest BCUT2D eigenvalue weighted by molar-refractivity contribution is 5.90. The molecule has 0 heterocycles. The smallest absolute Gasteiger partial charge is 0.337 e. The van der Waals surface area contributed by atoms with E-state index in [0.717, 1.165) is 0 Å². The van der Waals surface area contributed by atoms with E-state index in [-0.39, 0.29) is 0 Å². The number of hydrogen-bond acceptors (Lipinski definition) is 4. The van der Waals surface area contributed by atoms with Crippen LogP contribution in [-0.2, 0) is 4.74 Å². The highest BCUT2D eigenvalue weighted by Gasteiger charge is 2.10. The third kappa shape index (κ3) is 2.76. The first-order valence-electron chi connectivity index (χ1n) is 4.73. The summed E-state index contributed by atoms with van der Waals surface area (Å²) < 4.78 is 15.1. The van der Waals surface area contributed by atoms with E-state index >= 15 is 0 Å². The Morgan fingerprint density at radius 1 is 1.38 bits per heavy atom. The van der Waals surface area contributed by atoms with Crippen molar-refractivity contribution in [1.82, 2.24) is 0 Å². The van der Waals surface area contributed by atoms with Gasteiger partial charge < -0.3 is 14.2 Å². The number of benzene rings is 1. The maximum atomic E-state index is 11.3. The van der Waals surface area contributed by atoms with Crippen molar-refractivity contribution in [3.05, 3.63) is 36.4 Å². The van der Waals surface area contributed by atoms with Crippen LogP contribution in [0, 0.1) is 0 Å². The van der Waals surface area contributed by atoms with E-state index in [2.05, 4.69) is 11.3 Å². The summed E-state index contributed by atoms with van der Waals surface area (Å²) in [7, 11) is 2.87. The van der Waals surface area contributed by atoms with Crippen molar-refractivity contribution in [2.45, 2.75) is 0 Å². The summed E-state index contributed by atoms with van der Waals surface area (Å²) in [6.07, 6.45) is 1.62. The lowest BCUT2D eigenvalue weighted by molar-refractivity contribution is 0.0600. The highest BCUT2D eigenvalue weighted by atomic mass is 16.5. The highest BCUT2D eigenvalue weighted by Crippen LogP contribution is 2.28. The fraction of sp³-hybridized carbons (Fsp3) is 0.250. The van der Waals surface area contributed by atoms with E-state index in [1.807, 2.05) is 0 Å². The minimum atomic E-state index is -0.411. The van der Waals surface area contributed by atoms with Crippen LogP contribution in [0.15, 0.2) is 30.9 Å². The molecule has 0 aliphatic heterocycles. The van der Waals surface area contributed by atoms with Gasteiger partial charge in [-0.1, -0.05) is 12.7 Å². The molecule has 4 nitrogen and oxygen atoms in total. The average Bonchev–Trinajstić information content (AvgIpc) is 2.34. The van der Waals surface area contributed by atoms with Gasteiger partial charge in [0.1, 0.15) is 6.61 Å². The molecule has 0 saturated heterocycles. The Bertz CT molecular complexity index is 385. The molecule has 0 amide bonds. The zero-order valence-electron chi connectivity index (χ0n) is 9.36. The zero-order valence-corrected chi connectivity index (χ0v) is 9.36. The monoisotopic (exact) mass is 222 g/mol. The van der Waals surface area contributed by atoms with Crippen molar-refractivity contribution in [2.75, 3.05) is 20.8 Å². The van der Waals surface area contributed by atoms with Crippen LogP contribution < -0.4 is 9.47 Å². The van der Waals surface area contributed by atoms with Crippen molar-refractivity contribution < 1.29 is 19.0 Å². The number of carbonyl (C=O) groups excluding carboxylic acids is 1. The SMILES string of the molecule is C=CCOc1cc(C(=O)OC)ccc1OC. The Balaban J connectivity index is 3.00. The standard InChI is InChI=1S/C12H14O4/c1-4-7-16-11-8-9(12(13)15-3)5-6-10(11)14-2/h4-6,8H,1,7H2,2-3H3. The molecular formula is C12H14O4. The van der Waals surface area contributed by atoms with E-state index in [4.69, 9.17) is 9.47 Å². The van der Waals surface area contributed by atoms with E-state index in [9.17, 15) is 4.79 Å². The van der Waals surface area contributed by atoms with Crippen LogP contribution in [0.2, 0.25) is 0 Å². The Hall–Kier alpha value is -1.97. The molecule has 16 heavy (non-hydrogen) atoms. The number of rotatable bonds is 5. The van der Waals surface area contributed by atoms with Gasteiger partial charge >= 0.3 is 5.97 Å². The van der Waals surface area contributed by atoms with Crippen molar-refractivity contribution in [3.63, 3.8) is 0 Å². The molecule has 1 aromatic rings. The largest absolute Gasteiger partial charge is 0.493 e. The van der Waals surface area contributed by atoms with Crippen molar-refractivity contribution in [2.24, 2.45) is 0 Å². The van der Waals surface area contributed by atoms with E-state index < -0.39 is 5.97 Å². The maximum absolute atomic E-state index is 11.3. The van der Waals surface area contributed by atoms with Gasteiger partial charge in [0.05, 0.1) is 19.8 Å². The number of esters is 1. The van der Waals surface area contributed by atoms with Gasteiger partial charge in [0.2, 0.25) is 0 Å². The lowest BCUT2D eigenvalue weighted by atomic mass is 10.2. The summed E-state index contributed by atoms with van der Waals surface area (Å²) in [5.74, 6) is 0.644. The molecule has 0 aliphatic rings. The second-order valence-electron chi connectivity index (χ2n) is 2.96. The minimum absolute atomic E-state index is 0.348. The van der Waals surface area contributed by atoms with Crippen LogP contribution in [-0.4, -0.2) is 26.8 Å². The Kier molecular flexibility index (Phi) is 4.39. The lowest BCUT2D eigenvalue weighted by Crippen LogP contribution is -2.03. The van der Waals surface area contributed by atoms with Crippen molar-refractivity contribution in [1.29, 1.82) is 0 Å². The summed E-state index contributed by atoms with van der Waals surface area (Å²) in [6.45, 7) is 3.90. The van der Waals surface area contributed by atoms with Gasteiger partial charge in [-0.25, -0.2) is 4.79 Å². The van der Waals surface area contributed by atoms with Gasteiger partial charge in [-0.2, -0.15) is 0 Å². The third-order valence-corrected chi connectivity index (χ3v) is 1.94. The van der Waals surface area contributed by atoms with Gasteiger partial charge in [-0.15, -0.1) is 0 Å². The van der Waals surface area contributed by atoms with Crippen LogP contribution in [0.25, 0.3) is 0 Å². The van der Waals surface area contributed by atoms with Crippen molar-refractivity contribution >= 4 is 5.97 Å². The summed E-state index contributed by atoms with van der Waals surface area (Å²) in [4.78, 5) is 11.3. The van der Waals surface area contributed by atoms with Gasteiger partial charge in [0.25, 0.3) is 0 Å². The molecule has 1 aromatic carbocycles. The first kappa shape index (κ1) is 12.1. The number of ether oxygens (including phenoxy) is 3. The summed E-state index contributed by atoms with van der Waals surface area (Å²) in [6, 6.07) is 4.85. The number of hydrogen-bond donors (Lipinski definition) is 0. The second kappa shape index (κ2) is 5.80. The quantitative estimate of drug-likeness (QED) is 0.565. The summed E-state index contributed by atoms with van der Waals surface area (Å²) in [5, 5.41) is 0. The molecule has 0 atom stereocenters. The van der Waals surface area contributed by atoms with Crippen molar-refractivity contribution in [3.8, 4) is 11.5 Å². The zero-order chi connectivity index (χ0) is 12.0. The van der Waals surface area contributed by atoms with Gasteiger partial charge in [-0.05, 0) is 18.2 Å². The Labute approximate surface area is 94.4 Å². The number of carbonyl (C=O) groups is 1. The molecule has 0 radical (unpaired) electrons. The second-order valence-corrected chi connectivity index (χ2v) is 2.96. The van der Waals surface area contributed by atoms with E-state index in [1.165, 1.54) is 14.2 Å². The van der Waals surface area contributed by atoms with Crippen LogP contribution in [0.1, 0.15) is 10.4 Å². The molecule has 0 fully saturated rings. The van der Waals surface area contributed by atoms with E-state index in [0.29, 0.717) is 23.7 Å². The third-order valence-electron chi connectivity index (χ3n) is 1.94. The molecule has 0 bridgehead atoms. The predicted molar refractivity (Wildman–Crippen MR) is 60.0 cm³/mol. The maximum Gasteiger partial charge on any atom is 0.337 e. The average molecular weight is 222 g/mol. The predicted octanol–water partition coefficient (Wildman–Crippen LogP) is 2.05. The molecule has 0 N–H and O–H groups in total. The molecule has 1 rings (SSSR count). The first-order valence-corrected chi connectivity index (χ1v) is 4.73. The summed E-state index contributed by atoms with van der Waals surface area (Å²) in [5.41, 5.74) is 0.419.